The van der Waals surface area contributed by atoms with Gasteiger partial charge in [-0.2, -0.15) is 0 Å². The molecule has 0 unspecified atom stereocenters. The van der Waals surface area contributed by atoms with Crippen LogP contribution in [-0.4, -0.2) is 9.38 Å². The number of aryl methyl sites for hydroxylation is 1. The molecule has 0 aliphatic carbocycles. The predicted octanol–water partition coefficient (Wildman–Crippen LogP) is 3.61. The second-order valence-electron chi connectivity index (χ2n) is 3.91. The first kappa shape index (κ1) is 10.6. The van der Waals surface area contributed by atoms with Crippen molar-refractivity contribution in [1.29, 1.82) is 0 Å². The van der Waals surface area contributed by atoms with Crippen molar-refractivity contribution in [2.45, 2.75) is 6.92 Å². The second-order valence-corrected chi connectivity index (χ2v) is 5.26. The fourth-order valence-electron chi connectivity index (χ4n) is 1.79. The highest BCUT2D eigenvalue weighted by molar-refractivity contribution is 7.14. The first-order valence-corrected chi connectivity index (χ1v) is 6.39. The summed E-state index contributed by atoms with van der Waals surface area (Å²) in [7, 11) is 0. The van der Waals surface area contributed by atoms with E-state index in [0.717, 1.165) is 26.8 Å². The van der Waals surface area contributed by atoms with Crippen molar-refractivity contribution in [3.05, 3.63) is 40.4 Å². The van der Waals surface area contributed by atoms with E-state index in [4.69, 9.17) is 17.3 Å². The number of anilines is 1. The molecular weight excluding hydrogens is 254 g/mol. The fraction of sp³-hybridized carbons (Fsp3) is 0.0833. The van der Waals surface area contributed by atoms with Crippen LogP contribution >= 0.6 is 22.9 Å². The second kappa shape index (κ2) is 3.75. The summed E-state index contributed by atoms with van der Waals surface area (Å²) in [6, 6.07) is 5.87. The lowest BCUT2D eigenvalue weighted by molar-refractivity contribution is 1.16. The molecular formula is C12H10ClN3S. The highest BCUT2D eigenvalue weighted by Crippen LogP contribution is 2.33. The van der Waals surface area contributed by atoms with Crippen LogP contribution in [0.3, 0.4) is 0 Å². The molecule has 17 heavy (non-hydrogen) atoms. The van der Waals surface area contributed by atoms with E-state index in [1.54, 1.807) is 11.3 Å². The zero-order valence-electron chi connectivity index (χ0n) is 9.14. The van der Waals surface area contributed by atoms with Gasteiger partial charge < -0.3 is 5.73 Å². The van der Waals surface area contributed by atoms with Gasteiger partial charge in [-0.15, -0.1) is 11.3 Å². The third-order valence-electron chi connectivity index (χ3n) is 2.60. The number of pyridine rings is 1. The molecule has 0 saturated carbocycles. The zero-order chi connectivity index (χ0) is 12.0. The molecule has 0 aromatic carbocycles. The van der Waals surface area contributed by atoms with Crippen molar-refractivity contribution in [2.75, 3.05) is 5.73 Å². The van der Waals surface area contributed by atoms with E-state index in [0.29, 0.717) is 5.82 Å². The largest absolute Gasteiger partial charge is 0.383 e. The van der Waals surface area contributed by atoms with Crippen molar-refractivity contribution in [2.24, 2.45) is 0 Å². The summed E-state index contributed by atoms with van der Waals surface area (Å²) >= 11 is 7.47. The molecule has 0 aliphatic rings. The topological polar surface area (TPSA) is 43.3 Å². The number of nitrogens with zero attached hydrogens (tertiary/aromatic N) is 2. The van der Waals surface area contributed by atoms with Crippen LogP contribution in [0.4, 0.5) is 5.82 Å². The summed E-state index contributed by atoms with van der Waals surface area (Å²) in [6.45, 7) is 2.03. The molecule has 5 heteroatoms. The Labute approximate surface area is 107 Å². The van der Waals surface area contributed by atoms with Crippen LogP contribution in [0.15, 0.2) is 29.8 Å². The van der Waals surface area contributed by atoms with Gasteiger partial charge in [0.25, 0.3) is 0 Å². The summed E-state index contributed by atoms with van der Waals surface area (Å²) in [5.41, 5.74) is 8.92. The molecule has 0 radical (unpaired) electrons. The van der Waals surface area contributed by atoms with Gasteiger partial charge in [0.15, 0.2) is 0 Å². The molecule has 3 aromatic rings. The number of fused-ring (bicyclic) bond motifs is 1. The Morgan fingerprint density at radius 3 is 2.94 bits per heavy atom. The smallest absolute Gasteiger partial charge is 0.139 e. The highest BCUT2D eigenvalue weighted by atomic mass is 35.5. The number of imidazole rings is 1. The minimum Gasteiger partial charge on any atom is -0.383 e. The van der Waals surface area contributed by atoms with Gasteiger partial charge >= 0.3 is 0 Å². The number of hydrogen-bond acceptors (Lipinski definition) is 3. The minimum atomic E-state index is 0.655. The summed E-state index contributed by atoms with van der Waals surface area (Å²) in [5, 5.41) is 2.60. The lowest BCUT2D eigenvalue weighted by atomic mass is 10.3. The number of hydrogen-bond donors (Lipinski definition) is 1. The van der Waals surface area contributed by atoms with E-state index < -0.39 is 0 Å². The van der Waals surface area contributed by atoms with Gasteiger partial charge in [-0.1, -0.05) is 17.7 Å². The molecule has 0 aliphatic heterocycles. The summed E-state index contributed by atoms with van der Waals surface area (Å²) in [4.78, 5) is 5.52. The number of rotatable bonds is 1. The van der Waals surface area contributed by atoms with Crippen LogP contribution in [0.5, 0.6) is 0 Å². The van der Waals surface area contributed by atoms with Crippen molar-refractivity contribution in [1.82, 2.24) is 9.38 Å². The Morgan fingerprint density at radius 1 is 1.41 bits per heavy atom. The van der Waals surface area contributed by atoms with Gasteiger partial charge in [-0.25, -0.2) is 4.98 Å². The molecule has 86 valence electrons. The Kier molecular flexibility index (Phi) is 2.34. The van der Waals surface area contributed by atoms with Crippen molar-refractivity contribution < 1.29 is 0 Å². The third-order valence-corrected chi connectivity index (χ3v) is 3.89. The maximum atomic E-state index is 6.11. The third kappa shape index (κ3) is 1.69. The van der Waals surface area contributed by atoms with Crippen LogP contribution in [-0.2, 0) is 0 Å². The maximum absolute atomic E-state index is 6.11. The van der Waals surface area contributed by atoms with Gasteiger partial charge in [-0.3, -0.25) is 4.40 Å². The standard InChI is InChI=1S/C12H10ClN3S/c1-7-2-3-10-15-11(12(14)16(10)5-7)9-4-8(13)6-17-9/h2-6H,14H2,1H3. The fourth-order valence-corrected chi connectivity index (χ4v) is 2.86. The molecule has 3 aromatic heterocycles. The van der Waals surface area contributed by atoms with Crippen LogP contribution in [0.1, 0.15) is 5.56 Å². The average molecular weight is 264 g/mol. The normalized spacial score (nSPS) is 11.2. The van der Waals surface area contributed by atoms with E-state index in [-0.39, 0.29) is 0 Å². The molecule has 0 amide bonds. The molecule has 0 fully saturated rings. The minimum absolute atomic E-state index is 0.655. The summed E-state index contributed by atoms with van der Waals surface area (Å²) < 4.78 is 1.90. The van der Waals surface area contributed by atoms with Crippen molar-refractivity contribution in [3.8, 4) is 10.6 Å². The molecule has 3 heterocycles. The van der Waals surface area contributed by atoms with Crippen molar-refractivity contribution >= 4 is 34.4 Å². The SMILES string of the molecule is Cc1ccc2nc(-c3cc(Cl)cs3)c(N)n2c1. The monoisotopic (exact) mass is 263 g/mol. The number of aromatic nitrogens is 2. The first-order chi connectivity index (χ1) is 8.15. The quantitative estimate of drug-likeness (QED) is 0.729. The average Bonchev–Trinajstić information content (AvgIpc) is 2.84. The first-order valence-electron chi connectivity index (χ1n) is 5.14. The molecule has 0 atom stereocenters. The maximum Gasteiger partial charge on any atom is 0.139 e. The Morgan fingerprint density at radius 2 is 2.24 bits per heavy atom. The number of nitrogen functional groups attached to an aromatic ring is 1. The number of halogens is 1. The van der Waals surface area contributed by atoms with E-state index in [9.17, 15) is 0 Å². The molecule has 2 N–H and O–H groups in total. The molecule has 3 rings (SSSR count). The number of thiophene rings is 1. The summed E-state index contributed by atoms with van der Waals surface area (Å²) in [5.74, 6) is 0.655. The van der Waals surface area contributed by atoms with Gasteiger partial charge in [0.1, 0.15) is 17.2 Å². The lowest BCUT2D eigenvalue weighted by Gasteiger charge is -1.97. The van der Waals surface area contributed by atoms with Crippen LogP contribution in [0, 0.1) is 6.92 Å². The molecule has 0 spiro atoms. The van der Waals surface area contributed by atoms with E-state index in [1.807, 2.05) is 41.1 Å². The molecule has 0 bridgehead atoms. The zero-order valence-corrected chi connectivity index (χ0v) is 10.7. The van der Waals surface area contributed by atoms with Gasteiger partial charge in [-0.05, 0) is 24.6 Å². The summed E-state index contributed by atoms with van der Waals surface area (Å²) in [6.07, 6.45) is 1.98. The van der Waals surface area contributed by atoms with Crippen molar-refractivity contribution in [3.63, 3.8) is 0 Å². The Balaban J connectivity index is 2.27. The van der Waals surface area contributed by atoms with Gasteiger partial charge in [0.2, 0.25) is 0 Å². The van der Waals surface area contributed by atoms with E-state index >= 15 is 0 Å². The van der Waals surface area contributed by atoms with Gasteiger partial charge in [0, 0.05) is 11.6 Å². The predicted molar refractivity (Wildman–Crippen MR) is 72.7 cm³/mol. The van der Waals surface area contributed by atoms with E-state index in [1.165, 1.54) is 0 Å². The van der Waals surface area contributed by atoms with Crippen LogP contribution in [0.2, 0.25) is 5.02 Å². The Bertz CT molecular complexity index is 699. The molecule has 3 nitrogen and oxygen atoms in total. The molecule has 0 saturated heterocycles. The van der Waals surface area contributed by atoms with Crippen LogP contribution in [0.25, 0.3) is 16.2 Å². The lowest BCUT2D eigenvalue weighted by Crippen LogP contribution is -1.93. The van der Waals surface area contributed by atoms with Gasteiger partial charge in [0.05, 0.1) is 9.90 Å². The number of nitrogens with two attached hydrogens (primary N) is 1. The van der Waals surface area contributed by atoms with E-state index in [2.05, 4.69) is 4.98 Å². The van der Waals surface area contributed by atoms with Crippen LogP contribution < -0.4 is 5.73 Å². The highest BCUT2D eigenvalue weighted by Gasteiger charge is 2.12. The Hall–Kier alpha value is -1.52.